The van der Waals surface area contributed by atoms with E-state index in [0.29, 0.717) is 17.9 Å². The summed E-state index contributed by atoms with van der Waals surface area (Å²) in [6.45, 7) is 4.55. The van der Waals surface area contributed by atoms with Crippen LogP contribution < -0.4 is 10.8 Å². The van der Waals surface area contributed by atoms with Gasteiger partial charge in [0.2, 0.25) is 5.91 Å². The van der Waals surface area contributed by atoms with Gasteiger partial charge >= 0.3 is 6.03 Å². The Bertz CT molecular complexity index is 916. The SMILES string of the molecule is CC(C)NC(=O)N1CC[C@](CC(=O)NOC2CCCCO2)(c2ccc(Br)s2)S(=O)(=O)CC1. The third-order valence-electron chi connectivity index (χ3n) is 5.62. The van der Waals surface area contributed by atoms with Crippen molar-refractivity contribution in [3.05, 3.63) is 20.8 Å². The number of nitrogens with one attached hydrogen (secondary N) is 2. The molecule has 12 heteroatoms. The van der Waals surface area contributed by atoms with Gasteiger partial charge in [0.25, 0.3) is 0 Å². The lowest BCUT2D eigenvalue weighted by atomic mass is 9.97. The van der Waals surface area contributed by atoms with Crippen LogP contribution in [0, 0.1) is 0 Å². The summed E-state index contributed by atoms with van der Waals surface area (Å²) >= 11 is 4.68. The van der Waals surface area contributed by atoms with Crippen LogP contribution in [-0.2, 0) is 29.0 Å². The summed E-state index contributed by atoms with van der Waals surface area (Å²) in [5, 5.41) is 2.81. The molecule has 2 N–H and O–H groups in total. The summed E-state index contributed by atoms with van der Waals surface area (Å²) < 4.78 is 31.9. The molecule has 2 fully saturated rings. The van der Waals surface area contributed by atoms with Crippen molar-refractivity contribution in [2.24, 2.45) is 0 Å². The molecule has 1 aromatic heterocycles. The molecule has 0 aromatic carbocycles. The van der Waals surface area contributed by atoms with Gasteiger partial charge in [-0.1, -0.05) is 0 Å². The highest BCUT2D eigenvalue weighted by Crippen LogP contribution is 2.44. The summed E-state index contributed by atoms with van der Waals surface area (Å²) in [7, 11) is -3.77. The summed E-state index contributed by atoms with van der Waals surface area (Å²) in [6.07, 6.45) is 1.84. The molecule has 3 rings (SSSR count). The number of nitrogens with zero attached hydrogens (tertiary/aromatic N) is 1. The van der Waals surface area contributed by atoms with Crippen molar-refractivity contribution in [1.82, 2.24) is 15.7 Å². The molecule has 0 spiro atoms. The van der Waals surface area contributed by atoms with Crippen LogP contribution >= 0.6 is 27.3 Å². The van der Waals surface area contributed by atoms with Crippen LogP contribution in [0.5, 0.6) is 0 Å². The highest BCUT2D eigenvalue weighted by Gasteiger charge is 2.50. The van der Waals surface area contributed by atoms with Gasteiger partial charge in [0, 0.05) is 37.0 Å². The Morgan fingerprint density at radius 2 is 2.12 bits per heavy atom. The molecule has 0 aliphatic carbocycles. The van der Waals surface area contributed by atoms with E-state index in [1.165, 1.54) is 16.2 Å². The highest BCUT2D eigenvalue weighted by molar-refractivity contribution is 9.11. The van der Waals surface area contributed by atoms with E-state index in [4.69, 9.17) is 9.57 Å². The largest absolute Gasteiger partial charge is 0.350 e. The van der Waals surface area contributed by atoms with Crippen LogP contribution in [-0.4, -0.2) is 63.0 Å². The predicted octanol–water partition coefficient (Wildman–Crippen LogP) is 2.91. The zero-order chi connectivity index (χ0) is 23.4. The zero-order valence-electron chi connectivity index (χ0n) is 18.3. The Labute approximate surface area is 201 Å². The standard InChI is InChI=1S/C20H30BrN3O6S2/c1-14(2)22-19(26)24-9-8-20(32(27,28)12-10-24,15-6-7-16(21)31-15)13-17(25)23-30-18-5-3-4-11-29-18/h6-7,14,18H,3-5,8-13H2,1-2H3,(H,22,26)(H,23,25)/t18?,20-/m0/s1. The molecule has 2 aliphatic rings. The van der Waals surface area contributed by atoms with E-state index >= 15 is 0 Å². The average Bonchev–Trinajstić information content (AvgIpc) is 3.12. The lowest BCUT2D eigenvalue weighted by Gasteiger charge is -2.31. The van der Waals surface area contributed by atoms with Gasteiger partial charge in [0.15, 0.2) is 16.1 Å². The quantitative estimate of drug-likeness (QED) is 0.525. The molecule has 32 heavy (non-hydrogen) atoms. The first-order valence-corrected chi connectivity index (χ1v) is 14.0. The van der Waals surface area contributed by atoms with Gasteiger partial charge < -0.3 is 15.0 Å². The Balaban J connectivity index is 1.82. The van der Waals surface area contributed by atoms with Crippen LogP contribution in [0.15, 0.2) is 15.9 Å². The van der Waals surface area contributed by atoms with Crippen molar-refractivity contribution in [1.29, 1.82) is 0 Å². The van der Waals surface area contributed by atoms with Gasteiger partial charge in [-0.05, 0) is 61.2 Å². The molecule has 0 radical (unpaired) electrons. The Morgan fingerprint density at radius 1 is 1.34 bits per heavy atom. The van der Waals surface area contributed by atoms with Crippen LogP contribution in [0.4, 0.5) is 4.79 Å². The zero-order valence-corrected chi connectivity index (χ0v) is 21.5. The summed E-state index contributed by atoms with van der Waals surface area (Å²) in [6, 6.07) is 3.13. The van der Waals surface area contributed by atoms with Gasteiger partial charge in [0.05, 0.1) is 16.0 Å². The number of hydrogen-bond acceptors (Lipinski definition) is 7. The van der Waals surface area contributed by atoms with E-state index < -0.39 is 26.8 Å². The maximum atomic E-state index is 13.6. The number of urea groups is 1. The van der Waals surface area contributed by atoms with Crippen molar-refractivity contribution in [3.8, 4) is 0 Å². The predicted molar refractivity (Wildman–Crippen MR) is 125 cm³/mol. The number of hydroxylamine groups is 1. The Hall–Kier alpha value is -1.21. The van der Waals surface area contributed by atoms with Crippen LogP contribution in [0.3, 0.4) is 0 Å². The van der Waals surface area contributed by atoms with Crippen molar-refractivity contribution in [2.75, 3.05) is 25.4 Å². The number of halogens is 1. The van der Waals surface area contributed by atoms with Crippen molar-refractivity contribution < 1.29 is 27.6 Å². The van der Waals surface area contributed by atoms with Crippen LogP contribution in [0.1, 0.15) is 50.8 Å². The topological polar surface area (TPSA) is 114 Å². The lowest BCUT2D eigenvalue weighted by Crippen LogP contribution is -2.44. The lowest BCUT2D eigenvalue weighted by molar-refractivity contribution is -0.200. The third-order valence-corrected chi connectivity index (χ3v) is 10.1. The van der Waals surface area contributed by atoms with Crippen molar-refractivity contribution >= 4 is 49.0 Å². The van der Waals surface area contributed by atoms with E-state index in [9.17, 15) is 18.0 Å². The van der Waals surface area contributed by atoms with E-state index in [1.54, 1.807) is 12.1 Å². The van der Waals surface area contributed by atoms with E-state index in [2.05, 4.69) is 26.7 Å². The first-order chi connectivity index (χ1) is 15.1. The van der Waals surface area contributed by atoms with Crippen molar-refractivity contribution in [2.45, 2.75) is 63.0 Å². The third kappa shape index (κ3) is 6.02. The molecule has 2 atom stereocenters. The van der Waals surface area contributed by atoms with Gasteiger partial charge in [-0.3, -0.25) is 4.79 Å². The minimum Gasteiger partial charge on any atom is -0.350 e. The molecule has 3 amide bonds. The number of sulfone groups is 1. The van der Waals surface area contributed by atoms with Gasteiger partial charge in [-0.2, -0.15) is 0 Å². The summed E-state index contributed by atoms with van der Waals surface area (Å²) in [4.78, 5) is 32.8. The highest BCUT2D eigenvalue weighted by atomic mass is 79.9. The first-order valence-electron chi connectivity index (χ1n) is 10.7. The molecule has 1 unspecified atom stereocenters. The Morgan fingerprint density at radius 3 is 2.75 bits per heavy atom. The number of ether oxygens (including phenoxy) is 1. The number of rotatable bonds is 6. The number of carbonyl (C=O) groups is 2. The monoisotopic (exact) mass is 551 g/mol. The molecule has 180 valence electrons. The Kier molecular flexibility index (Phi) is 8.59. The second-order valence-electron chi connectivity index (χ2n) is 8.37. The molecule has 2 aliphatic heterocycles. The number of hydrogen-bond donors (Lipinski definition) is 2. The van der Waals surface area contributed by atoms with E-state index in [1.807, 2.05) is 13.8 Å². The molecule has 3 heterocycles. The van der Waals surface area contributed by atoms with E-state index in [0.717, 1.165) is 16.6 Å². The summed E-state index contributed by atoms with van der Waals surface area (Å²) in [5.41, 5.74) is 2.39. The molecular weight excluding hydrogens is 522 g/mol. The maximum absolute atomic E-state index is 13.6. The average molecular weight is 553 g/mol. The van der Waals surface area contributed by atoms with Crippen LogP contribution in [0.2, 0.25) is 0 Å². The van der Waals surface area contributed by atoms with Gasteiger partial charge in [-0.25, -0.2) is 23.5 Å². The second kappa shape index (κ2) is 10.8. The minimum atomic E-state index is -3.77. The minimum absolute atomic E-state index is 0.0645. The second-order valence-corrected chi connectivity index (χ2v) is 13.3. The fourth-order valence-electron chi connectivity index (χ4n) is 3.90. The molecule has 0 saturated carbocycles. The molecule has 0 bridgehead atoms. The molecular formula is C20H30BrN3O6S2. The van der Waals surface area contributed by atoms with Crippen LogP contribution in [0.25, 0.3) is 0 Å². The van der Waals surface area contributed by atoms with Crippen molar-refractivity contribution in [3.63, 3.8) is 0 Å². The van der Waals surface area contributed by atoms with Gasteiger partial charge in [-0.15, -0.1) is 11.3 Å². The molecule has 9 nitrogen and oxygen atoms in total. The molecule has 1 aromatic rings. The van der Waals surface area contributed by atoms with Gasteiger partial charge in [0.1, 0.15) is 4.75 Å². The maximum Gasteiger partial charge on any atom is 0.317 e. The summed E-state index contributed by atoms with van der Waals surface area (Å²) in [5.74, 6) is -0.763. The number of carbonyl (C=O) groups excluding carboxylic acids is 2. The molecule has 2 saturated heterocycles. The number of thiophene rings is 1. The fraction of sp³-hybridized carbons (Fsp3) is 0.700. The fourth-order valence-corrected chi connectivity index (χ4v) is 7.89. The number of amides is 3. The first kappa shape index (κ1) is 25.4. The van der Waals surface area contributed by atoms with E-state index in [-0.39, 0.29) is 43.8 Å². The normalized spacial score (nSPS) is 25.9. The smallest absolute Gasteiger partial charge is 0.317 e.